The first-order valence-electron chi connectivity index (χ1n) is 6.24. The first-order chi connectivity index (χ1) is 7.18. The number of hydrogen-bond acceptors (Lipinski definition) is 3. The van der Waals surface area contributed by atoms with Crippen molar-refractivity contribution in [3.05, 3.63) is 0 Å². The molecular weight excluding hydrogens is 188 g/mol. The summed E-state index contributed by atoms with van der Waals surface area (Å²) in [6, 6.07) is 0.671. The van der Waals surface area contributed by atoms with Crippen LogP contribution < -0.4 is 5.32 Å². The highest BCUT2D eigenvalue weighted by Gasteiger charge is 2.30. The van der Waals surface area contributed by atoms with E-state index in [1.807, 2.05) is 0 Å². The predicted octanol–water partition coefficient (Wildman–Crippen LogP) is 1.24. The SMILES string of the molecule is CN1CCCC(NCC2(C)CCCO2)C1. The van der Waals surface area contributed by atoms with E-state index in [2.05, 4.69) is 24.2 Å². The van der Waals surface area contributed by atoms with Crippen LogP contribution in [0.4, 0.5) is 0 Å². The summed E-state index contributed by atoms with van der Waals surface area (Å²) in [5, 5.41) is 3.67. The normalized spacial score (nSPS) is 38.4. The summed E-state index contributed by atoms with van der Waals surface area (Å²) in [6.45, 7) is 6.65. The Hall–Kier alpha value is -0.120. The van der Waals surface area contributed by atoms with Crippen molar-refractivity contribution < 1.29 is 4.74 Å². The lowest BCUT2D eigenvalue weighted by Crippen LogP contribution is -2.48. The van der Waals surface area contributed by atoms with Crippen molar-refractivity contribution in [3.8, 4) is 0 Å². The summed E-state index contributed by atoms with van der Waals surface area (Å²) in [7, 11) is 2.21. The van der Waals surface area contributed by atoms with Gasteiger partial charge in [0.2, 0.25) is 0 Å². The minimum Gasteiger partial charge on any atom is -0.374 e. The van der Waals surface area contributed by atoms with E-state index in [1.54, 1.807) is 0 Å². The molecule has 15 heavy (non-hydrogen) atoms. The molecule has 3 nitrogen and oxygen atoms in total. The third-order valence-corrected chi connectivity index (χ3v) is 3.69. The fourth-order valence-electron chi connectivity index (χ4n) is 2.67. The van der Waals surface area contributed by atoms with Crippen molar-refractivity contribution in [2.75, 3.05) is 33.3 Å². The third kappa shape index (κ3) is 3.16. The Bertz CT molecular complexity index is 202. The molecule has 2 unspecified atom stereocenters. The lowest BCUT2D eigenvalue weighted by Gasteiger charge is -2.33. The Labute approximate surface area is 93.2 Å². The summed E-state index contributed by atoms with van der Waals surface area (Å²) in [6.07, 6.45) is 5.08. The Kier molecular flexibility index (Phi) is 3.65. The van der Waals surface area contributed by atoms with Crippen LogP contribution in [0.3, 0.4) is 0 Å². The molecule has 2 saturated heterocycles. The van der Waals surface area contributed by atoms with Gasteiger partial charge in [0.15, 0.2) is 0 Å². The topological polar surface area (TPSA) is 24.5 Å². The molecule has 88 valence electrons. The van der Waals surface area contributed by atoms with Gasteiger partial charge < -0.3 is 15.0 Å². The van der Waals surface area contributed by atoms with Crippen molar-refractivity contribution >= 4 is 0 Å². The second-order valence-electron chi connectivity index (χ2n) is 5.38. The average molecular weight is 212 g/mol. The van der Waals surface area contributed by atoms with Crippen LogP contribution >= 0.6 is 0 Å². The quantitative estimate of drug-likeness (QED) is 0.762. The van der Waals surface area contributed by atoms with Gasteiger partial charge in [-0.25, -0.2) is 0 Å². The van der Waals surface area contributed by atoms with E-state index in [9.17, 15) is 0 Å². The Morgan fingerprint density at radius 2 is 2.33 bits per heavy atom. The van der Waals surface area contributed by atoms with Gasteiger partial charge in [-0.15, -0.1) is 0 Å². The van der Waals surface area contributed by atoms with Crippen LogP contribution in [-0.4, -0.2) is 49.8 Å². The zero-order valence-electron chi connectivity index (χ0n) is 10.1. The van der Waals surface area contributed by atoms with E-state index in [-0.39, 0.29) is 5.60 Å². The van der Waals surface area contributed by atoms with Gasteiger partial charge in [0.05, 0.1) is 5.60 Å². The molecule has 3 heteroatoms. The van der Waals surface area contributed by atoms with Crippen molar-refractivity contribution in [3.63, 3.8) is 0 Å². The molecule has 2 aliphatic heterocycles. The summed E-state index contributed by atoms with van der Waals surface area (Å²) < 4.78 is 5.78. The smallest absolute Gasteiger partial charge is 0.0779 e. The maximum atomic E-state index is 5.78. The van der Waals surface area contributed by atoms with E-state index in [0.717, 1.165) is 13.2 Å². The average Bonchev–Trinajstić information content (AvgIpc) is 2.63. The minimum atomic E-state index is 0.107. The molecule has 1 N–H and O–H groups in total. The van der Waals surface area contributed by atoms with Gasteiger partial charge in [-0.1, -0.05) is 0 Å². The number of likely N-dealkylation sites (N-methyl/N-ethyl adjacent to an activating group) is 1. The summed E-state index contributed by atoms with van der Waals surface area (Å²) in [4.78, 5) is 2.42. The van der Waals surface area contributed by atoms with Crippen LogP contribution in [-0.2, 0) is 4.74 Å². The number of ether oxygens (including phenoxy) is 1. The van der Waals surface area contributed by atoms with Crippen LogP contribution in [0.5, 0.6) is 0 Å². The number of nitrogens with one attached hydrogen (secondary N) is 1. The van der Waals surface area contributed by atoms with Crippen molar-refractivity contribution in [2.45, 2.75) is 44.2 Å². The van der Waals surface area contributed by atoms with Gasteiger partial charge in [0.25, 0.3) is 0 Å². The maximum Gasteiger partial charge on any atom is 0.0779 e. The van der Waals surface area contributed by atoms with E-state index in [0.29, 0.717) is 6.04 Å². The van der Waals surface area contributed by atoms with E-state index >= 15 is 0 Å². The van der Waals surface area contributed by atoms with Crippen LogP contribution in [0, 0.1) is 0 Å². The van der Waals surface area contributed by atoms with Crippen LogP contribution in [0.15, 0.2) is 0 Å². The number of hydrogen-bond donors (Lipinski definition) is 1. The molecule has 0 aromatic heterocycles. The number of nitrogens with zero attached hydrogens (tertiary/aromatic N) is 1. The van der Waals surface area contributed by atoms with E-state index in [1.165, 1.54) is 38.8 Å². The summed E-state index contributed by atoms with van der Waals surface area (Å²) in [5.74, 6) is 0. The monoisotopic (exact) mass is 212 g/mol. The Balaban J connectivity index is 1.72. The lowest BCUT2D eigenvalue weighted by molar-refractivity contribution is 0.0167. The van der Waals surface area contributed by atoms with Crippen molar-refractivity contribution in [2.24, 2.45) is 0 Å². The number of piperidine rings is 1. The molecule has 0 aliphatic carbocycles. The Morgan fingerprint density at radius 3 is 3.00 bits per heavy atom. The molecular formula is C12H24N2O. The molecule has 0 bridgehead atoms. The molecule has 0 aromatic carbocycles. The van der Waals surface area contributed by atoms with E-state index in [4.69, 9.17) is 4.74 Å². The molecule has 0 radical (unpaired) electrons. The zero-order chi connectivity index (χ0) is 10.7. The van der Waals surface area contributed by atoms with Gasteiger partial charge in [0.1, 0.15) is 0 Å². The van der Waals surface area contributed by atoms with Gasteiger partial charge in [-0.05, 0) is 46.2 Å². The Morgan fingerprint density at radius 1 is 1.47 bits per heavy atom. The molecule has 2 fully saturated rings. The molecule has 2 rings (SSSR count). The van der Waals surface area contributed by atoms with Crippen LogP contribution in [0.25, 0.3) is 0 Å². The van der Waals surface area contributed by atoms with Crippen LogP contribution in [0.1, 0.15) is 32.6 Å². The fraction of sp³-hybridized carbons (Fsp3) is 1.00. The van der Waals surface area contributed by atoms with Gasteiger partial charge >= 0.3 is 0 Å². The number of rotatable bonds is 3. The predicted molar refractivity (Wildman–Crippen MR) is 62.1 cm³/mol. The molecule has 0 saturated carbocycles. The third-order valence-electron chi connectivity index (χ3n) is 3.69. The standard InChI is InChI=1S/C12H24N2O/c1-12(6-4-8-15-12)10-13-11-5-3-7-14(2)9-11/h11,13H,3-10H2,1-2H3. The number of likely N-dealkylation sites (tertiary alicyclic amines) is 1. The highest BCUT2D eigenvalue weighted by molar-refractivity contribution is 4.85. The van der Waals surface area contributed by atoms with Gasteiger partial charge in [-0.2, -0.15) is 0 Å². The molecule has 0 spiro atoms. The first-order valence-corrected chi connectivity index (χ1v) is 6.24. The summed E-state index contributed by atoms with van der Waals surface area (Å²) in [5.41, 5.74) is 0.107. The van der Waals surface area contributed by atoms with Crippen molar-refractivity contribution in [1.82, 2.24) is 10.2 Å². The van der Waals surface area contributed by atoms with Crippen LogP contribution in [0.2, 0.25) is 0 Å². The largest absolute Gasteiger partial charge is 0.374 e. The lowest BCUT2D eigenvalue weighted by atomic mass is 10.0. The zero-order valence-corrected chi connectivity index (χ0v) is 10.1. The molecule has 2 heterocycles. The van der Waals surface area contributed by atoms with E-state index < -0.39 is 0 Å². The second kappa shape index (κ2) is 4.81. The fourth-order valence-corrected chi connectivity index (χ4v) is 2.67. The molecule has 2 aliphatic rings. The van der Waals surface area contributed by atoms with Gasteiger partial charge in [-0.3, -0.25) is 0 Å². The minimum absolute atomic E-state index is 0.107. The molecule has 0 amide bonds. The molecule has 0 aromatic rings. The highest BCUT2D eigenvalue weighted by Crippen LogP contribution is 2.24. The van der Waals surface area contributed by atoms with Gasteiger partial charge in [0, 0.05) is 25.7 Å². The van der Waals surface area contributed by atoms with Crippen molar-refractivity contribution in [1.29, 1.82) is 0 Å². The second-order valence-corrected chi connectivity index (χ2v) is 5.38. The molecule has 2 atom stereocenters. The maximum absolute atomic E-state index is 5.78. The highest BCUT2D eigenvalue weighted by atomic mass is 16.5. The first kappa shape index (κ1) is 11.4. The summed E-state index contributed by atoms with van der Waals surface area (Å²) >= 11 is 0.